The van der Waals surface area contributed by atoms with E-state index in [0.717, 1.165) is 45.4 Å². The van der Waals surface area contributed by atoms with Crippen molar-refractivity contribution >= 4 is 10.0 Å². The second kappa shape index (κ2) is 4.16. The molecule has 5 heteroatoms. The molecule has 1 atom stereocenters. The number of rotatable bonds is 3. The quantitative estimate of drug-likeness (QED) is 0.726. The molecule has 0 saturated carbocycles. The molecule has 14 heavy (non-hydrogen) atoms. The third-order valence-electron chi connectivity index (χ3n) is 3.07. The van der Waals surface area contributed by atoms with Crippen LogP contribution < -0.4 is 5.32 Å². The van der Waals surface area contributed by atoms with Gasteiger partial charge in [-0.25, -0.2) is 12.7 Å². The Bertz CT molecular complexity index is 277. The summed E-state index contributed by atoms with van der Waals surface area (Å²) in [6, 6.07) is 0. The molecule has 2 aliphatic rings. The van der Waals surface area contributed by atoms with Crippen molar-refractivity contribution in [2.24, 2.45) is 5.92 Å². The number of hydrogen-bond acceptors (Lipinski definition) is 3. The van der Waals surface area contributed by atoms with Crippen LogP contribution in [0.4, 0.5) is 0 Å². The Labute approximate surface area is 85.7 Å². The van der Waals surface area contributed by atoms with Gasteiger partial charge in [0.15, 0.2) is 0 Å². The molecule has 0 bridgehead atoms. The molecule has 0 aliphatic carbocycles. The fourth-order valence-corrected chi connectivity index (χ4v) is 4.13. The van der Waals surface area contributed by atoms with Crippen LogP contribution >= 0.6 is 0 Å². The third kappa shape index (κ3) is 2.27. The molecular formula is C9H18N2O2S. The normalized spacial score (nSPS) is 29.9. The van der Waals surface area contributed by atoms with E-state index in [2.05, 4.69) is 5.32 Å². The largest absolute Gasteiger partial charge is 0.316 e. The summed E-state index contributed by atoms with van der Waals surface area (Å²) in [6.07, 6.45) is 3.07. The number of nitrogens with one attached hydrogen (secondary N) is 1. The maximum Gasteiger partial charge on any atom is 0.214 e. The molecule has 2 aliphatic heterocycles. The van der Waals surface area contributed by atoms with Crippen LogP contribution in [0.15, 0.2) is 0 Å². The molecule has 2 rings (SSSR count). The predicted molar refractivity (Wildman–Crippen MR) is 55.6 cm³/mol. The van der Waals surface area contributed by atoms with Gasteiger partial charge in [0.05, 0.1) is 5.75 Å². The summed E-state index contributed by atoms with van der Waals surface area (Å²) in [4.78, 5) is 0. The van der Waals surface area contributed by atoms with E-state index in [9.17, 15) is 8.42 Å². The van der Waals surface area contributed by atoms with Crippen LogP contribution in [-0.2, 0) is 10.0 Å². The van der Waals surface area contributed by atoms with Crippen LogP contribution in [-0.4, -0.2) is 44.7 Å². The highest BCUT2D eigenvalue weighted by molar-refractivity contribution is 7.89. The lowest BCUT2D eigenvalue weighted by Crippen LogP contribution is -2.33. The van der Waals surface area contributed by atoms with Crippen LogP contribution in [0.1, 0.15) is 19.3 Å². The fourth-order valence-electron chi connectivity index (χ4n) is 2.23. The van der Waals surface area contributed by atoms with Crippen LogP contribution in [0.5, 0.6) is 0 Å². The molecule has 0 spiro atoms. The zero-order valence-electron chi connectivity index (χ0n) is 8.41. The monoisotopic (exact) mass is 218 g/mol. The summed E-state index contributed by atoms with van der Waals surface area (Å²) < 4.78 is 25.4. The van der Waals surface area contributed by atoms with Gasteiger partial charge in [0.1, 0.15) is 0 Å². The Balaban J connectivity index is 1.93. The average molecular weight is 218 g/mol. The Kier molecular flexibility index (Phi) is 3.09. The molecule has 0 radical (unpaired) electrons. The minimum absolute atomic E-state index is 0.334. The average Bonchev–Trinajstić information content (AvgIpc) is 2.71. The minimum Gasteiger partial charge on any atom is -0.316 e. The van der Waals surface area contributed by atoms with Crippen molar-refractivity contribution in [3.8, 4) is 0 Å². The summed E-state index contributed by atoms with van der Waals surface area (Å²) in [5, 5.41) is 3.20. The maximum absolute atomic E-state index is 11.9. The Morgan fingerprint density at radius 2 is 2.00 bits per heavy atom. The predicted octanol–water partition coefficient (Wildman–Crippen LogP) is 0.0215. The van der Waals surface area contributed by atoms with Gasteiger partial charge in [-0.2, -0.15) is 0 Å². The van der Waals surface area contributed by atoms with E-state index in [0.29, 0.717) is 11.7 Å². The third-order valence-corrected chi connectivity index (χ3v) is 5.11. The summed E-state index contributed by atoms with van der Waals surface area (Å²) in [5.74, 6) is 0.681. The Morgan fingerprint density at radius 3 is 2.57 bits per heavy atom. The zero-order chi connectivity index (χ0) is 10.0. The van der Waals surface area contributed by atoms with Gasteiger partial charge < -0.3 is 5.32 Å². The molecule has 0 amide bonds. The smallest absolute Gasteiger partial charge is 0.214 e. The lowest BCUT2D eigenvalue weighted by Gasteiger charge is -2.17. The molecule has 82 valence electrons. The highest BCUT2D eigenvalue weighted by Gasteiger charge is 2.29. The van der Waals surface area contributed by atoms with Crippen molar-refractivity contribution < 1.29 is 8.42 Å². The highest BCUT2D eigenvalue weighted by atomic mass is 32.2. The van der Waals surface area contributed by atoms with Gasteiger partial charge in [0.25, 0.3) is 0 Å². The molecule has 2 fully saturated rings. The first-order chi connectivity index (χ1) is 6.68. The number of nitrogens with zero attached hydrogens (tertiary/aromatic N) is 1. The van der Waals surface area contributed by atoms with E-state index in [-0.39, 0.29) is 0 Å². The summed E-state index contributed by atoms with van der Waals surface area (Å²) in [5.41, 5.74) is 0. The van der Waals surface area contributed by atoms with Gasteiger partial charge in [0.2, 0.25) is 10.0 Å². The number of hydrogen-bond donors (Lipinski definition) is 1. The molecule has 2 saturated heterocycles. The SMILES string of the molecule is O=S(=O)(CC1CCNC1)N1CCCC1. The molecule has 2 heterocycles. The molecule has 0 aromatic rings. The van der Waals surface area contributed by atoms with Gasteiger partial charge in [0, 0.05) is 13.1 Å². The maximum atomic E-state index is 11.9. The molecule has 0 aromatic carbocycles. The van der Waals surface area contributed by atoms with E-state index in [1.165, 1.54) is 0 Å². The van der Waals surface area contributed by atoms with Gasteiger partial charge in [-0.15, -0.1) is 0 Å². The van der Waals surface area contributed by atoms with Crippen LogP contribution in [0.25, 0.3) is 0 Å². The van der Waals surface area contributed by atoms with Gasteiger partial charge in [-0.1, -0.05) is 0 Å². The van der Waals surface area contributed by atoms with Gasteiger partial charge >= 0.3 is 0 Å². The fraction of sp³-hybridized carbons (Fsp3) is 1.00. The lowest BCUT2D eigenvalue weighted by atomic mass is 10.2. The molecule has 0 aromatic heterocycles. The van der Waals surface area contributed by atoms with E-state index >= 15 is 0 Å². The second-order valence-electron chi connectivity index (χ2n) is 4.24. The number of sulfonamides is 1. The molecule has 4 nitrogen and oxygen atoms in total. The molecule has 1 unspecified atom stereocenters. The lowest BCUT2D eigenvalue weighted by molar-refractivity contribution is 0.466. The Hall–Kier alpha value is -0.130. The first kappa shape index (κ1) is 10.4. The first-order valence-corrected chi connectivity index (χ1v) is 6.98. The van der Waals surface area contributed by atoms with Gasteiger partial charge in [-0.3, -0.25) is 0 Å². The van der Waals surface area contributed by atoms with Crippen molar-refractivity contribution in [2.45, 2.75) is 19.3 Å². The van der Waals surface area contributed by atoms with E-state index in [1.54, 1.807) is 4.31 Å². The standard InChI is InChI=1S/C9H18N2O2S/c12-14(13,11-5-1-2-6-11)8-9-3-4-10-7-9/h9-10H,1-8H2. The van der Waals surface area contributed by atoms with Crippen molar-refractivity contribution in [1.29, 1.82) is 0 Å². The second-order valence-corrected chi connectivity index (χ2v) is 6.26. The van der Waals surface area contributed by atoms with E-state index in [4.69, 9.17) is 0 Å². The molecular weight excluding hydrogens is 200 g/mol. The van der Waals surface area contributed by atoms with Crippen LogP contribution in [0, 0.1) is 5.92 Å². The summed E-state index contributed by atoms with van der Waals surface area (Å²) >= 11 is 0. The van der Waals surface area contributed by atoms with Gasteiger partial charge in [-0.05, 0) is 38.3 Å². The zero-order valence-corrected chi connectivity index (χ0v) is 9.22. The van der Waals surface area contributed by atoms with Crippen molar-refractivity contribution in [3.63, 3.8) is 0 Å². The van der Waals surface area contributed by atoms with Crippen LogP contribution in [0.2, 0.25) is 0 Å². The first-order valence-electron chi connectivity index (χ1n) is 5.37. The minimum atomic E-state index is -2.95. The van der Waals surface area contributed by atoms with Crippen molar-refractivity contribution in [3.05, 3.63) is 0 Å². The van der Waals surface area contributed by atoms with Crippen molar-refractivity contribution in [1.82, 2.24) is 9.62 Å². The van der Waals surface area contributed by atoms with Crippen molar-refractivity contribution in [2.75, 3.05) is 31.9 Å². The van der Waals surface area contributed by atoms with E-state index < -0.39 is 10.0 Å². The Morgan fingerprint density at radius 1 is 1.29 bits per heavy atom. The molecule has 1 N–H and O–H groups in total. The summed E-state index contributed by atoms with van der Waals surface area (Å²) in [6.45, 7) is 3.32. The van der Waals surface area contributed by atoms with E-state index in [1.807, 2.05) is 0 Å². The highest BCUT2D eigenvalue weighted by Crippen LogP contribution is 2.18. The van der Waals surface area contributed by atoms with Crippen LogP contribution in [0.3, 0.4) is 0 Å². The summed E-state index contributed by atoms with van der Waals surface area (Å²) in [7, 11) is -2.95. The topological polar surface area (TPSA) is 49.4 Å².